The molecule has 0 aliphatic heterocycles. The third-order valence-electron chi connectivity index (χ3n) is 6.03. The fourth-order valence-electron chi connectivity index (χ4n) is 4.37. The van der Waals surface area contributed by atoms with E-state index >= 15 is 0 Å². The fourth-order valence-corrected chi connectivity index (χ4v) is 6.61. The first-order valence-electron chi connectivity index (χ1n) is 11.2. The molecule has 0 bridgehead atoms. The van der Waals surface area contributed by atoms with Crippen LogP contribution in [0.25, 0.3) is 15.9 Å². The lowest BCUT2D eigenvalue weighted by molar-refractivity contribution is -0.113. The predicted molar refractivity (Wildman–Crippen MR) is 142 cm³/mol. The van der Waals surface area contributed by atoms with Gasteiger partial charge in [-0.15, -0.1) is 11.3 Å². The molecule has 0 fully saturated rings. The number of nitrogens with one attached hydrogen (secondary N) is 1. The molecule has 1 amide bonds. The van der Waals surface area contributed by atoms with Gasteiger partial charge < -0.3 is 5.32 Å². The minimum atomic E-state index is -0.139. The Morgan fingerprint density at radius 2 is 1.91 bits per heavy atom. The molecule has 1 aliphatic carbocycles. The monoisotopic (exact) mass is 509 g/mol. The Balaban J connectivity index is 1.51. The lowest BCUT2D eigenvalue weighted by Gasteiger charge is -2.14. The maximum absolute atomic E-state index is 13.8. The highest BCUT2D eigenvalue weighted by Gasteiger charge is 2.23. The van der Waals surface area contributed by atoms with Crippen LogP contribution in [-0.2, 0) is 17.6 Å². The quantitative estimate of drug-likeness (QED) is 0.252. The molecule has 34 heavy (non-hydrogen) atoms. The van der Waals surface area contributed by atoms with Crippen LogP contribution in [0.4, 0.5) is 5.69 Å². The minimum Gasteiger partial charge on any atom is -0.325 e. The molecule has 0 radical (unpaired) electrons. The Morgan fingerprint density at radius 1 is 1.15 bits per heavy atom. The molecule has 0 unspecified atom stereocenters. The SMILES string of the molecule is Cc1ccc(NC(=O)CSc2nc3sc4c(c3c(=O)n2-c2ccc(Cl)cc2)CCCC4)c(C)c1. The summed E-state index contributed by atoms with van der Waals surface area (Å²) in [6, 6.07) is 13.1. The van der Waals surface area contributed by atoms with Gasteiger partial charge in [-0.25, -0.2) is 4.98 Å². The number of aromatic nitrogens is 2. The molecule has 5 nitrogen and oxygen atoms in total. The average molecular weight is 510 g/mol. The topological polar surface area (TPSA) is 64.0 Å². The van der Waals surface area contributed by atoms with Crippen molar-refractivity contribution in [3.63, 3.8) is 0 Å². The van der Waals surface area contributed by atoms with Gasteiger partial charge in [-0.1, -0.05) is 41.1 Å². The van der Waals surface area contributed by atoms with Crippen molar-refractivity contribution in [2.45, 2.75) is 44.7 Å². The lowest BCUT2D eigenvalue weighted by Crippen LogP contribution is -2.23. The Bertz CT molecular complexity index is 1460. The van der Waals surface area contributed by atoms with Crippen molar-refractivity contribution >= 4 is 56.5 Å². The normalized spacial score (nSPS) is 13.1. The minimum absolute atomic E-state index is 0.0796. The number of benzene rings is 2. The highest BCUT2D eigenvalue weighted by atomic mass is 35.5. The second kappa shape index (κ2) is 9.56. The molecule has 1 N–H and O–H groups in total. The van der Waals surface area contributed by atoms with E-state index in [1.165, 1.54) is 16.6 Å². The number of nitrogens with zero attached hydrogens (tertiary/aromatic N) is 2. The first-order chi connectivity index (χ1) is 16.4. The number of amides is 1. The molecule has 0 saturated heterocycles. The van der Waals surface area contributed by atoms with Gasteiger partial charge in [-0.05, 0) is 81.0 Å². The highest BCUT2D eigenvalue weighted by molar-refractivity contribution is 7.99. The van der Waals surface area contributed by atoms with Gasteiger partial charge in [0.1, 0.15) is 4.83 Å². The molecule has 5 rings (SSSR count). The highest BCUT2D eigenvalue weighted by Crippen LogP contribution is 2.35. The maximum atomic E-state index is 13.8. The molecule has 174 valence electrons. The van der Waals surface area contributed by atoms with Crippen LogP contribution < -0.4 is 10.9 Å². The van der Waals surface area contributed by atoms with Crippen LogP contribution >= 0.6 is 34.7 Å². The summed E-state index contributed by atoms with van der Waals surface area (Å²) in [5.41, 5.74) is 4.71. The van der Waals surface area contributed by atoms with Crippen LogP contribution in [0, 0.1) is 13.8 Å². The number of carbonyl (C=O) groups excluding carboxylic acids is 1. The number of thiophene rings is 1. The fraction of sp³-hybridized carbons (Fsp3) is 0.269. The van der Waals surface area contributed by atoms with Crippen molar-refractivity contribution in [3.05, 3.63) is 79.4 Å². The van der Waals surface area contributed by atoms with E-state index < -0.39 is 0 Å². The number of fused-ring (bicyclic) bond motifs is 3. The number of anilines is 1. The summed E-state index contributed by atoms with van der Waals surface area (Å²) >= 11 is 8.98. The summed E-state index contributed by atoms with van der Waals surface area (Å²) in [6.07, 6.45) is 4.15. The van der Waals surface area contributed by atoms with Crippen molar-refractivity contribution in [2.75, 3.05) is 11.1 Å². The standard InChI is InChI=1S/C26H24ClN3O2S2/c1-15-7-12-20(16(2)13-15)28-22(31)14-33-26-29-24-23(19-5-3-4-6-21(19)34-24)25(32)30(26)18-10-8-17(27)9-11-18/h7-13H,3-6,14H2,1-2H3,(H,28,31). The van der Waals surface area contributed by atoms with Gasteiger partial charge in [0, 0.05) is 15.6 Å². The summed E-state index contributed by atoms with van der Waals surface area (Å²) in [5, 5.41) is 4.80. The summed E-state index contributed by atoms with van der Waals surface area (Å²) in [7, 11) is 0. The zero-order chi connectivity index (χ0) is 23.8. The summed E-state index contributed by atoms with van der Waals surface area (Å²) in [4.78, 5) is 33.4. The molecule has 2 aromatic heterocycles. The van der Waals surface area contributed by atoms with E-state index in [1.807, 2.05) is 44.2 Å². The van der Waals surface area contributed by atoms with Crippen LogP contribution in [0.2, 0.25) is 5.02 Å². The number of rotatable bonds is 5. The molecule has 2 heterocycles. The van der Waals surface area contributed by atoms with Gasteiger partial charge in [0.15, 0.2) is 5.16 Å². The first-order valence-corrected chi connectivity index (χ1v) is 13.4. The van der Waals surface area contributed by atoms with Crippen LogP contribution in [0.1, 0.15) is 34.4 Å². The molecule has 8 heteroatoms. The number of hydrogen-bond acceptors (Lipinski definition) is 5. The van der Waals surface area contributed by atoms with Crippen molar-refractivity contribution < 1.29 is 4.79 Å². The molecular weight excluding hydrogens is 486 g/mol. The van der Waals surface area contributed by atoms with Crippen LogP contribution in [0.15, 0.2) is 52.4 Å². The van der Waals surface area contributed by atoms with Gasteiger partial charge in [0.25, 0.3) is 5.56 Å². The lowest BCUT2D eigenvalue weighted by atomic mass is 9.97. The van der Waals surface area contributed by atoms with E-state index in [9.17, 15) is 9.59 Å². The predicted octanol–water partition coefficient (Wildman–Crippen LogP) is 6.33. The Kier molecular flexibility index (Phi) is 6.51. The molecule has 4 aromatic rings. The van der Waals surface area contributed by atoms with Gasteiger partial charge in [0.2, 0.25) is 5.91 Å². The van der Waals surface area contributed by atoms with E-state index in [0.29, 0.717) is 15.9 Å². The van der Waals surface area contributed by atoms with Crippen molar-refractivity contribution in [1.82, 2.24) is 9.55 Å². The maximum Gasteiger partial charge on any atom is 0.267 e. The van der Waals surface area contributed by atoms with Gasteiger partial charge >= 0.3 is 0 Å². The number of aryl methyl sites for hydroxylation is 4. The number of carbonyl (C=O) groups is 1. The molecular formula is C26H24ClN3O2S2. The number of halogens is 1. The Labute approximate surface area is 211 Å². The van der Waals surface area contributed by atoms with Crippen molar-refractivity contribution in [3.8, 4) is 5.69 Å². The summed E-state index contributed by atoms with van der Waals surface area (Å²) in [6.45, 7) is 4.00. The Hall–Kier alpha value is -2.61. The first kappa shape index (κ1) is 23.1. The third kappa shape index (κ3) is 4.52. The smallest absolute Gasteiger partial charge is 0.267 e. The largest absolute Gasteiger partial charge is 0.325 e. The second-order valence-corrected chi connectivity index (χ2v) is 11.0. The van der Waals surface area contributed by atoms with E-state index in [0.717, 1.165) is 58.3 Å². The van der Waals surface area contributed by atoms with Gasteiger partial charge in [0.05, 0.1) is 16.8 Å². The summed E-state index contributed by atoms with van der Waals surface area (Å²) in [5.74, 6) is 0.00338. The van der Waals surface area contributed by atoms with E-state index in [1.54, 1.807) is 28.0 Å². The zero-order valence-corrected chi connectivity index (χ0v) is 21.4. The number of hydrogen-bond donors (Lipinski definition) is 1. The van der Waals surface area contributed by atoms with Crippen molar-refractivity contribution in [1.29, 1.82) is 0 Å². The average Bonchev–Trinajstić information content (AvgIpc) is 3.19. The van der Waals surface area contributed by atoms with E-state index in [-0.39, 0.29) is 17.2 Å². The van der Waals surface area contributed by atoms with E-state index in [4.69, 9.17) is 16.6 Å². The van der Waals surface area contributed by atoms with Gasteiger partial charge in [-0.2, -0.15) is 0 Å². The van der Waals surface area contributed by atoms with E-state index in [2.05, 4.69) is 5.32 Å². The van der Waals surface area contributed by atoms with Crippen LogP contribution in [0.5, 0.6) is 0 Å². The Morgan fingerprint density at radius 3 is 2.68 bits per heavy atom. The third-order valence-corrected chi connectivity index (χ3v) is 8.41. The molecule has 0 saturated carbocycles. The molecule has 0 spiro atoms. The van der Waals surface area contributed by atoms with Crippen molar-refractivity contribution in [2.24, 2.45) is 0 Å². The second-order valence-electron chi connectivity index (χ2n) is 8.56. The van der Waals surface area contributed by atoms with Crippen LogP contribution in [0.3, 0.4) is 0 Å². The van der Waals surface area contributed by atoms with Gasteiger partial charge in [-0.3, -0.25) is 14.2 Å². The van der Waals surface area contributed by atoms with Crippen LogP contribution in [-0.4, -0.2) is 21.2 Å². The number of thioether (sulfide) groups is 1. The zero-order valence-electron chi connectivity index (χ0n) is 19.0. The molecule has 1 aliphatic rings. The molecule has 2 aromatic carbocycles. The summed E-state index contributed by atoms with van der Waals surface area (Å²) < 4.78 is 1.62. The molecule has 0 atom stereocenters.